The van der Waals surface area contributed by atoms with Gasteiger partial charge in [-0.15, -0.1) is 0 Å². The molecule has 0 bridgehead atoms. The maximum Gasteiger partial charge on any atom is 0.337 e. The zero-order chi connectivity index (χ0) is 16.8. The lowest BCUT2D eigenvalue weighted by atomic mass is 10.2. The van der Waals surface area contributed by atoms with Crippen LogP contribution in [0, 0.1) is 10.1 Å². The number of carbonyl (C=O) groups excluding carboxylic acids is 1. The van der Waals surface area contributed by atoms with Crippen molar-refractivity contribution in [2.45, 2.75) is 0 Å². The van der Waals surface area contributed by atoms with Crippen molar-refractivity contribution in [3.8, 4) is 0 Å². The number of benzene rings is 1. The van der Waals surface area contributed by atoms with E-state index in [0.29, 0.717) is 11.3 Å². The molecule has 0 aliphatic rings. The molecule has 3 N–H and O–H groups in total. The molecule has 0 fully saturated rings. The molecule has 0 saturated carbocycles. The molecule has 1 aromatic carbocycles. The van der Waals surface area contributed by atoms with Crippen molar-refractivity contribution in [2.75, 3.05) is 12.4 Å². The number of methoxy groups -OCH3 is 1. The maximum absolute atomic E-state index is 11.3. The van der Waals surface area contributed by atoms with Crippen molar-refractivity contribution in [3.05, 3.63) is 58.3 Å². The summed E-state index contributed by atoms with van der Waals surface area (Å²) in [7, 11) is 1.30. The fourth-order valence-electron chi connectivity index (χ4n) is 1.66. The molecule has 1 aromatic heterocycles. The zero-order valence-corrected chi connectivity index (χ0v) is 12.1. The van der Waals surface area contributed by atoms with Gasteiger partial charge in [0.05, 0.1) is 17.6 Å². The first kappa shape index (κ1) is 15.9. The predicted octanol–water partition coefficient (Wildman–Crippen LogP) is 1.83. The fourth-order valence-corrected chi connectivity index (χ4v) is 1.66. The summed E-state index contributed by atoms with van der Waals surface area (Å²) in [5, 5.41) is 13.3. The highest BCUT2D eigenvalue weighted by molar-refractivity contribution is 5.95. The third kappa shape index (κ3) is 4.24. The molecule has 23 heavy (non-hydrogen) atoms. The number of nitrogens with one attached hydrogen (secondary N) is 1. The Labute approximate surface area is 131 Å². The first-order valence-corrected chi connectivity index (χ1v) is 6.39. The molecule has 0 amide bonds. The van der Waals surface area contributed by atoms with Gasteiger partial charge in [0, 0.05) is 11.8 Å². The van der Waals surface area contributed by atoms with Crippen LogP contribution < -0.4 is 11.1 Å². The Morgan fingerprint density at radius 2 is 2.00 bits per heavy atom. The molecule has 0 spiro atoms. The van der Waals surface area contributed by atoms with Crippen molar-refractivity contribution >= 4 is 29.1 Å². The number of nitro groups is 1. The largest absolute Gasteiger partial charge is 0.465 e. The van der Waals surface area contributed by atoms with E-state index >= 15 is 0 Å². The number of aromatic nitrogens is 1. The molecule has 0 radical (unpaired) electrons. The van der Waals surface area contributed by atoms with Gasteiger partial charge in [0.25, 0.3) is 5.69 Å². The Bertz CT molecular complexity index is 741. The Morgan fingerprint density at radius 1 is 1.30 bits per heavy atom. The number of hydrogen-bond acceptors (Lipinski definition) is 6. The monoisotopic (exact) mass is 315 g/mol. The van der Waals surface area contributed by atoms with Crippen LogP contribution in [0.4, 0.5) is 17.2 Å². The van der Waals surface area contributed by atoms with Gasteiger partial charge in [0.2, 0.25) is 0 Å². The van der Waals surface area contributed by atoms with Crippen LogP contribution in [0.5, 0.6) is 0 Å². The predicted molar refractivity (Wildman–Crippen MR) is 83.6 cm³/mol. The highest BCUT2D eigenvalue weighted by atomic mass is 16.6. The summed E-state index contributed by atoms with van der Waals surface area (Å²) in [5.41, 5.74) is 6.62. The molecule has 118 valence electrons. The molecule has 0 atom stereocenters. The van der Waals surface area contributed by atoms with Gasteiger partial charge in [-0.25, -0.2) is 9.78 Å². The van der Waals surface area contributed by atoms with E-state index in [1.807, 2.05) is 0 Å². The van der Waals surface area contributed by atoms with Gasteiger partial charge in [-0.05, 0) is 30.3 Å². The van der Waals surface area contributed by atoms with E-state index in [4.69, 9.17) is 5.73 Å². The number of ether oxygens (including phenoxy) is 1. The smallest absolute Gasteiger partial charge is 0.337 e. The Hall–Kier alpha value is -3.49. The summed E-state index contributed by atoms with van der Waals surface area (Å²) in [4.78, 5) is 29.1. The SMILES string of the molecule is COC(=O)c1ccc(NC(N)=Nc2ccc([N+](=O)[O-])cn2)cc1. The first-order chi connectivity index (χ1) is 11.0. The summed E-state index contributed by atoms with van der Waals surface area (Å²) in [6.45, 7) is 0. The Balaban J connectivity index is 2.07. The van der Waals surface area contributed by atoms with E-state index in [1.54, 1.807) is 24.3 Å². The van der Waals surface area contributed by atoms with Crippen LogP contribution in [0.1, 0.15) is 10.4 Å². The summed E-state index contributed by atoms with van der Waals surface area (Å²) >= 11 is 0. The van der Waals surface area contributed by atoms with Gasteiger partial charge in [-0.3, -0.25) is 10.1 Å². The molecule has 2 rings (SSSR count). The first-order valence-electron chi connectivity index (χ1n) is 6.39. The van der Waals surface area contributed by atoms with Crippen molar-refractivity contribution in [2.24, 2.45) is 10.7 Å². The van der Waals surface area contributed by atoms with E-state index < -0.39 is 10.9 Å². The minimum Gasteiger partial charge on any atom is -0.465 e. The van der Waals surface area contributed by atoms with Gasteiger partial charge in [-0.1, -0.05) is 0 Å². The van der Waals surface area contributed by atoms with Gasteiger partial charge in [-0.2, -0.15) is 4.99 Å². The zero-order valence-electron chi connectivity index (χ0n) is 12.1. The van der Waals surface area contributed by atoms with Crippen molar-refractivity contribution in [3.63, 3.8) is 0 Å². The number of nitrogens with zero attached hydrogens (tertiary/aromatic N) is 3. The van der Waals surface area contributed by atoms with Gasteiger partial charge in [0.1, 0.15) is 6.20 Å². The molecule has 0 aliphatic carbocycles. The van der Waals surface area contributed by atoms with Crippen LogP contribution in [-0.2, 0) is 4.74 Å². The van der Waals surface area contributed by atoms with Gasteiger partial charge >= 0.3 is 5.97 Å². The standard InChI is InChI=1S/C14H13N5O4/c1-23-13(20)9-2-4-10(5-3-9)17-14(15)18-12-7-6-11(8-16-12)19(21)22/h2-8H,1H3,(H3,15,16,17,18). The third-order valence-electron chi connectivity index (χ3n) is 2.76. The second-order valence-corrected chi connectivity index (χ2v) is 4.32. The normalized spacial score (nSPS) is 10.9. The number of carbonyl (C=O) groups is 1. The van der Waals surface area contributed by atoms with Crippen LogP contribution in [0.3, 0.4) is 0 Å². The number of hydrogen-bond donors (Lipinski definition) is 2. The minimum absolute atomic E-state index is 0.0529. The Kier molecular flexibility index (Phi) is 4.82. The molecule has 9 nitrogen and oxygen atoms in total. The quantitative estimate of drug-likeness (QED) is 0.289. The molecule has 0 saturated heterocycles. The molecule has 1 heterocycles. The fraction of sp³-hybridized carbons (Fsp3) is 0.0714. The summed E-state index contributed by atoms with van der Waals surface area (Å²) in [6, 6.07) is 9.09. The van der Waals surface area contributed by atoms with Crippen LogP contribution in [0.15, 0.2) is 47.6 Å². The number of rotatable bonds is 4. The Morgan fingerprint density at radius 3 is 2.52 bits per heavy atom. The van der Waals surface area contributed by atoms with E-state index in [0.717, 1.165) is 6.20 Å². The van der Waals surface area contributed by atoms with E-state index in [-0.39, 0.29) is 17.5 Å². The van der Waals surface area contributed by atoms with E-state index in [1.165, 1.54) is 19.2 Å². The topological polar surface area (TPSA) is 133 Å². The summed E-state index contributed by atoms with van der Waals surface area (Å²) in [5.74, 6) is -0.155. The van der Waals surface area contributed by atoms with E-state index in [9.17, 15) is 14.9 Å². The number of anilines is 1. The maximum atomic E-state index is 11.3. The number of pyridine rings is 1. The second-order valence-electron chi connectivity index (χ2n) is 4.32. The molecule has 0 unspecified atom stereocenters. The molecular weight excluding hydrogens is 302 g/mol. The van der Waals surface area contributed by atoms with Crippen molar-refractivity contribution in [1.29, 1.82) is 0 Å². The average molecular weight is 315 g/mol. The van der Waals surface area contributed by atoms with Crippen LogP contribution in [-0.4, -0.2) is 28.9 Å². The molecular formula is C14H13N5O4. The summed E-state index contributed by atoms with van der Waals surface area (Å²) in [6.07, 6.45) is 1.09. The molecule has 9 heteroatoms. The van der Waals surface area contributed by atoms with Gasteiger partial charge < -0.3 is 15.8 Å². The number of aliphatic imine (C=N–C) groups is 1. The number of nitrogens with two attached hydrogens (primary N) is 1. The average Bonchev–Trinajstić information content (AvgIpc) is 2.55. The van der Waals surface area contributed by atoms with Crippen LogP contribution in [0.25, 0.3) is 0 Å². The molecule has 0 aliphatic heterocycles. The van der Waals surface area contributed by atoms with Crippen molar-refractivity contribution < 1.29 is 14.5 Å². The highest BCUT2D eigenvalue weighted by Gasteiger charge is 2.06. The van der Waals surface area contributed by atoms with E-state index in [2.05, 4.69) is 20.0 Å². The third-order valence-corrected chi connectivity index (χ3v) is 2.76. The molecule has 2 aromatic rings. The van der Waals surface area contributed by atoms with Crippen molar-refractivity contribution in [1.82, 2.24) is 4.98 Å². The summed E-state index contributed by atoms with van der Waals surface area (Å²) < 4.78 is 4.60. The number of esters is 1. The lowest BCUT2D eigenvalue weighted by Crippen LogP contribution is -2.22. The lowest BCUT2D eigenvalue weighted by Gasteiger charge is -2.06. The number of guanidine groups is 1. The highest BCUT2D eigenvalue weighted by Crippen LogP contribution is 2.15. The van der Waals surface area contributed by atoms with Crippen LogP contribution >= 0.6 is 0 Å². The minimum atomic E-state index is -0.551. The van der Waals surface area contributed by atoms with Gasteiger partial charge in [0.15, 0.2) is 11.8 Å². The lowest BCUT2D eigenvalue weighted by molar-refractivity contribution is -0.385. The second kappa shape index (κ2) is 6.98. The van der Waals surface area contributed by atoms with Crippen LogP contribution in [0.2, 0.25) is 0 Å².